The monoisotopic (exact) mass is 276 g/mol. The van der Waals surface area contributed by atoms with Crippen LogP contribution in [0.3, 0.4) is 0 Å². The second kappa shape index (κ2) is 6.52. The molecule has 2 atom stereocenters. The van der Waals surface area contributed by atoms with Crippen LogP contribution < -0.4 is 5.32 Å². The van der Waals surface area contributed by atoms with Crippen molar-refractivity contribution >= 4 is 11.9 Å². The number of nitrogens with one attached hydrogen (secondary N) is 1. The molecule has 0 spiro atoms. The molecule has 1 aliphatic rings. The first-order valence-electron chi connectivity index (χ1n) is 6.89. The van der Waals surface area contributed by atoms with Gasteiger partial charge in [-0.05, 0) is 31.9 Å². The van der Waals surface area contributed by atoms with Crippen molar-refractivity contribution in [3.05, 3.63) is 35.9 Å². The van der Waals surface area contributed by atoms with Gasteiger partial charge in [0.25, 0.3) is 0 Å². The summed E-state index contributed by atoms with van der Waals surface area (Å²) in [7, 11) is 0. The van der Waals surface area contributed by atoms with Crippen molar-refractivity contribution in [2.24, 2.45) is 0 Å². The lowest BCUT2D eigenvalue weighted by Gasteiger charge is -2.24. The minimum absolute atomic E-state index is 0.187. The van der Waals surface area contributed by atoms with Gasteiger partial charge in [0, 0.05) is 6.54 Å². The van der Waals surface area contributed by atoms with Crippen LogP contribution in [0, 0.1) is 0 Å². The van der Waals surface area contributed by atoms with Crippen LogP contribution in [0.15, 0.2) is 30.3 Å². The smallest absolute Gasteiger partial charge is 0.325 e. The zero-order valence-corrected chi connectivity index (χ0v) is 11.6. The molecule has 1 aromatic rings. The Morgan fingerprint density at radius 2 is 2.10 bits per heavy atom. The molecule has 1 aliphatic heterocycles. The lowest BCUT2D eigenvalue weighted by Crippen LogP contribution is -2.48. The second-order valence-electron chi connectivity index (χ2n) is 5.18. The fourth-order valence-corrected chi connectivity index (χ4v) is 2.50. The van der Waals surface area contributed by atoms with Crippen molar-refractivity contribution < 1.29 is 14.7 Å². The van der Waals surface area contributed by atoms with E-state index in [2.05, 4.69) is 10.2 Å². The van der Waals surface area contributed by atoms with E-state index in [0.717, 1.165) is 25.9 Å². The number of benzene rings is 1. The topological polar surface area (TPSA) is 69.6 Å². The van der Waals surface area contributed by atoms with Gasteiger partial charge in [-0.15, -0.1) is 0 Å². The molecular weight excluding hydrogens is 256 g/mol. The molecule has 0 aliphatic carbocycles. The van der Waals surface area contributed by atoms with Gasteiger partial charge in [0.1, 0.15) is 6.04 Å². The van der Waals surface area contributed by atoms with E-state index >= 15 is 0 Å². The van der Waals surface area contributed by atoms with E-state index in [1.807, 2.05) is 30.3 Å². The maximum Gasteiger partial charge on any atom is 0.325 e. The van der Waals surface area contributed by atoms with E-state index in [1.165, 1.54) is 12.5 Å². The lowest BCUT2D eigenvalue weighted by molar-refractivity contribution is -0.142. The Labute approximate surface area is 118 Å². The maximum atomic E-state index is 12.1. The van der Waals surface area contributed by atoms with Crippen LogP contribution in [-0.4, -0.2) is 40.5 Å². The fraction of sp³-hybridized carbons (Fsp3) is 0.467. The van der Waals surface area contributed by atoms with Gasteiger partial charge in [0.05, 0.1) is 6.04 Å². The molecule has 0 bridgehead atoms. The standard InChI is InChI=1S/C15H20N2O3/c1-11(15(19)20)16-14(18)13-8-5-9-17(13)10-12-6-3-2-4-7-12/h2-4,6-7,11,13H,5,8-10H2,1H3,(H,16,18)(H,19,20)/t11-,13?/m1/s1. The highest BCUT2D eigenvalue weighted by molar-refractivity contribution is 5.86. The molecule has 0 aromatic heterocycles. The Morgan fingerprint density at radius 3 is 2.75 bits per heavy atom. The van der Waals surface area contributed by atoms with Gasteiger partial charge in [0.15, 0.2) is 0 Å². The number of hydrogen-bond donors (Lipinski definition) is 2. The largest absolute Gasteiger partial charge is 0.480 e. The third kappa shape index (κ3) is 3.57. The SMILES string of the molecule is C[C@@H](NC(=O)C1CCCN1Cc1ccccc1)C(=O)O. The summed E-state index contributed by atoms with van der Waals surface area (Å²) < 4.78 is 0. The van der Waals surface area contributed by atoms with Crippen molar-refractivity contribution in [3.63, 3.8) is 0 Å². The van der Waals surface area contributed by atoms with Crippen molar-refractivity contribution in [1.29, 1.82) is 0 Å². The summed E-state index contributed by atoms with van der Waals surface area (Å²) in [4.78, 5) is 25.0. The minimum Gasteiger partial charge on any atom is -0.480 e. The molecule has 5 nitrogen and oxygen atoms in total. The Morgan fingerprint density at radius 1 is 1.40 bits per heavy atom. The second-order valence-corrected chi connectivity index (χ2v) is 5.18. The highest BCUT2D eigenvalue weighted by atomic mass is 16.4. The molecule has 1 unspecified atom stereocenters. The summed E-state index contributed by atoms with van der Waals surface area (Å²) in [5.74, 6) is -1.20. The molecule has 108 valence electrons. The molecule has 1 aromatic carbocycles. The predicted molar refractivity (Wildman–Crippen MR) is 75.1 cm³/mol. The summed E-state index contributed by atoms with van der Waals surface area (Å²) in [6.07, 6.45) is 1.75. The molecule has 2 rings (SSSR count). The third-order valence-corrected chi connectivity index (χ3v) is 3.62. The molecular formula is C15H20N2O3. The lowest BCUT2D eigenvalue weighted by atomic mass is 10.1. The molecule has 5 heteroatoms. The van der Waals surface area contributed by atoms with Gasteiger partial charge in [-0.3, -0.25) is 14.5 Å². The van der Waals surface area contributed by atoms with E-state index in [4.69, 9.17) is 5.11 Å². The van der Waals surface area contributed by atoms with E-state index in [0.29, 0.717) is 0 Å². The maximum absolute atomic E-state index is 12.1. The number of carboxylic acids is 1. The Kier molecular flexibility index (Phi) is 4.74. The number of likely N-dealkylation sites (tertiary alicyclic amines) is 1. The molecule has 1 saturated heterocycles. The van der Waals surface area contributed by atoms with Crippen molar-refractivity contribution in [2.75, 3.05) is 6.54 Å². The first-order chi connectivity index (χ1) is 9.58. The van der Waals surface area contributed by atoms with E-state index in [9.17, 15) is 9.59 Å². The normalized spacial score (nSPS) is 20.6. The first-order valence-corrected chi connectivity index (χ1v) is 6.89. The van der Waals surface area contributed by atoms with E-state index < -0.39 is 12.0 Å². The van der Waals surface area contributed by atoms with Gasteiger partial charge < -0.3 is 10.4 Å². The average Bonchev–Trinajstić information content (AvgIpc) is 2.88. The molecule has 1 heterocycles. The van der Waals surface area contributed by atoms with E-state index in [-0.39, 0.29) is 11.9 Å². The van der Waals surface area contributed by atoms with Crippen molar-refractivity contribution in [3.8, 4) is 0 Å². The van der Waals surface area contributed by atoms with Crippen molar-refractivity contribution in [2.45, 2.75) is 38.4 Å². The van der Waals surface area contributed by atoms with Gasteiger partial charge in [-0.2, -0.15) is 0 Å². The third-order valence-electron chi connectivity index (χ3n) is 3.62. The highest BCUT2D eigenvalue weighted by Crippen LogP contribution is 2.20. The summed E-state index contributed by atoms with van der Waals surface area (Å²) >= 11 is 0. The average molecular weight is 276 g/mol. The fourth-order valence-electron chi connectivity index (χ4n) is 2.50. The number of carbonyl (C=O) groups excluding carboxylic acids is 1. The van der Waals surface area contributed by atoms with Crippen LogP contribution in [0.2, 0.25) is 0 Å². The number of carbonyl (C=O) groups is 2. The summed E-state index contributed by atoms with van der Waals surface area (Å²) in [6.45, 7) is 3.07. The highest BCUT2D eigenvalue weighted by Gasteiger charge is 2.31. The van der Waals surface area contributed by atoms with Crippen LogP contribution in [0.1, 0.15) is 25.3 Å². The summed E-state index contributed by atoms with van der Waals surface area (Å²) in [6, 6.07) is 8.92. The van der Waals surface area contributed by atoms with E-state index in [1.54, 1.807) is 0 Å². The summed E-state index contributed by atoms with van der Waals surface area (Å²) in [5.41, 5.74) is 1.17. The Hall–Kier alpha value is -1.88. The molecule has 0 radical (unpaired) electrons. The zero-order chi connectivity index (χ0) is 14.5. The van der Waals surface area contributed by atoms with Gasteiger partial charge >= 0.3 is 5.97 Å². The number of amides is 1. The molecule has 2 N–H and O–H groups in total. The molecule has 20 heavy (non-hydrogen) atoms. The Bertz CT molecular complexity index is 475. The van der Waals surface area contributed by atoms with Crippen LogP contribution in [0.25, 0.3) is 0 Å². The summed E-state index contributed by atoms with van der Waals surface area (Å²) in [5, 5.41) is 11.4. The quantitative estimate of drug-likeness (QED) is 0.849. The van der Waals surface area contributed by atoms with Crippen LogP contribution >= 0.6 is 0 Å². The number of carboxylic acid groups (broad SMARTS) is 1. The van der Waals surface area contributed by atoms with Crippen LogP contribution in [-0.2, 0) is 16.1 Å². The van der Waals surface area contributed by atoms with Crippen molar-refractivity contribution in [1.82, 2.24) is 10.2 Å². The molecule has 1 fully saturated rings. The number of aliphatic carboxylic acids is 1. The molecule has 1 amide bonds. The number of nitrogens with zero attached hydrogens (tertiary/aromatic N) is 1. The zero-order valence-electron chi connectivity index (χ0n) is 11.6. The number of hydrogen-bond acceptors (Lipinski definition) is 3. The van der Waals surface area contributed by atoms with Gasteiger partial charge in [0.2, 0.25) is 5.91 Å². The van der Waals surface area contributed by atoms with Gasteiger partial charge in [-0.25, -0.2) is 0 Å². The predicted octanol–water partition coefficient (Wildman–Crippen LogP) is 1.24. The molecule has 0 saturated carbocycles. The van der Waals surface area contributed by atoms with Gasteiger partial charge in [-0.1, -0.05) is 30.3 Å². The number of rotatable bonds is 5. The first kappa shape index (κ1) is 14.5. The van der Waals surface area contributed by atoms with Crippen LogP contribution in [0.4, 0.5) is 0 Å². The Balaban J connectivity index is 1.96. The minimum atomic E-state index is -1.01. The van der Waals surface area contributed by atoms with Crippen LogP contribution in [0.5, 0.6) is 0 Å².